The molecule has 1 saturated heterocycles. The molecule has 0 aliphatic carbocycles. The minimum atomic E-state index is -0.856. The lowest BCUT2D eigenvalue weighted by atomic mass is 10.2. The maximum Gasteiger partial charge on any atom is 0.224 e. The first kappa shape index (κ1) is 16.6. The van der Waals surface area contributed by atoms with E-state index in [0.29, 0.717) is 32.5 Å². The van der Waals surface area contributed by atoms with E-state index >= 15 is 0 Å². The largest absolute Gasteiger partial charge is 0.354 e. The Kier molecular flexibility index (Phi) is 4.94. The standard InChI is InChI=1S/C16H23FN6O/c1-21-4-3-18-15(21)11-23-10-13(17)6-14(23)8-19-16(24)5-12-7-20-22(2)9-12/h3-4,7,9,13-14H,5-6,8,10-11H2,1-2H3,(H,19,24)/t13-,14-/m0/s1. The van der Waals surface area contributed by atoms with E-state index in [1.54, 1.807) is 17.1 Å². The lowest BCUT2D eigenvalue weighted by Gasteiger charge is -2.23. The molecule has 2 aromatic heterocycles. The van der Waals surface area contributed by atoms with Gasteiger partial charge < -0.3 is 9.88 Å². The fourth-order valence-corrected chi connectivity index (χ4v) is 3.10. The number of rotatable bonds is 6. The van der Waals surface area contributed by atoms with E-state index in [0.717, 1.165) is 11.4 Å². The van der Waals surface area contributed by atoms with E-state index in [1.807, 2.05) is 31.1 Å². The molecule has 0 saturated carbocycles. The second-order valence-electron chi connectivity index (χ2n) is 6.37. The second kappa shape index (κ2) is 7.12. The van der Waals surface area contributed by atoms with Gasteiger partial charge in [-0.1, -0.05) is 0 Å². The van der Waals surface area contributed by atoms with E-state index in [9.17, 15) is 9.18 Å². The number of imidazole rings is 1. The Hall–Kier alpha value is -2.22. The summed E-state index contributed by atoms with van der Waals surface area (Å²) >= 11 is 0. The van der Waals surface area contributed by atoms with Gasteiger partial charge in [0.05, 0.1) is 19.2 Å². The van der Waals surface area contributed by atoms with Crippen molar-refractivity contribution in [3.05, 3.63) is 36.2 Å². The van der Waals surface area contributed by atoms with Crippen molar-refractivity contribution in [3.8, 4) is 0 Å². The highest BCUT2D eigenvalue weighted by molar-refractivity contribution is 5.78. The third-order valence-electron chi connectivity index (χ3n) is 4.40. The molecule has 1 aliphatic heterocycles. The van der Waals surface area contributed by atoms with Crippen LogP contribution in [0, 0.1) is 0 Å². The van der Waals surface area contributed by atoms with Gasteiger partial charge in [-0.25, -0.2) is 9.37 Å². The SMILES string of the molecule is Cn1cc(CC(=O)NC[C@@H]2C[C@H](F)CN2Cc2nccn2C)cn1. The average molecular weight is 334 g/mol. The summed E-state index contributed by atoms with van der Waals surface area (Å²) in [5, 5.41) is 6.96. The summed E-state index contributed by atoms with van der Waals surface area (Å²) in [5.41, 5.74) is 0.870. The minimum Gasteiger partial charge on any atom is -0.354 e. The maximum absolute atomic E-state index is 13.8. The Morgan fingerprint density at radius 1 is 1.46 bits per heavy atom. The van der Waals surface area contributed by atoms with Crippen LogP contribution < -0.4 is 5.32 Å². The van der Waals surface area contributed by atoms with Crippen molar-refractivity contribution in [1.82, 2.24) is 29.5 Å². The van der Waals surface area contributed by atoms with Gasteiger partial charge >= 0.3 is 0 Å². The second-order valence-corrected chi connectivity index (χ2v) is 6.37. The summed E-state index contributed by atoms with van der Waals surface area (Å²) in [7, 11) is 3.74. The first-order valence-electron chi connectivity index (χ1n) is 8.10. The van der Waals surface area contributed by atoms with Crippen LogP contribution in [-0.4, -0.2) is 55.4 Å². The topological polar surface area (TPSA) is 68.0 Å². The summed E-state index contributed by atoms with van der Waals surface area (Å²) in [6, 6.07) is -0.00505. The molecule has 2 aromatic rings. The number of aryl methyl sites for hydroxylation is 2. The number of carbonyl (C=O) groups is 1. The Balaban J connectivity index is 1.52. The van der Waals surface area contributed by atoms with E-state index in [2.05, 4.69) is 20.3 Å². The molecular weight excluding hydrogens is 311 g/mol. The molecule has 0 spiro atoms. The monoisotopic (exact) mass is 334 g/mol. The molecule has 24 heavy (non-hydrogen) atoms. The smallest absolute Gasteiger partial charge is 0.224 e. The predicted molar refractivity (Wildman–Crippen MR) is 86.8 cm³/mol. The zero-order valence-corrected chi connectivity index (χ0v) is 14.0. The quantitative estimate of drug-likeness (QED) is 0.832. The van der Waals surface area contributed by atoms with Gasteiger partial charge in [-0.3, -0.25) is 14.4 Å². The third-order valence-corrected chi connectivity index (χ3v) is 4.40. The fraction of sp³-hybridized carbons (Fsp3) is 0.562. The van der Waals surface area contributed by atoms with Crippen molar-refractivity contribution >= 4 is 5.91 Å². The molecule has 7 nitrogen and oxygen atoms in total. The zero-order valence-electron chi connectivity index (χ0n) is 14.0. The zero-order chi connectivity index (χ0) is 17.1. The van der Waals surface area contributed by atoms with Crippen LogP contribution in [0.4, 0.5) is 4.39 Å². The summed E-state index contributed by atoms with van der Waals surface area (Å²) in [6.45, 7) is 1.42. The summed E-state index contributed by atoms with van der Waals surface area (Å²) in [4.78, 5) is 18.4. The Morgan fingerprint density at radius 2 is 2.29 bits per heavy atom. The molecule has 1 N–H and O–H groups in total. The molecule has 0 bridgehead atoms. The van der Waals surface area contributed by atoms with Gasteiger partial charge in [-0.15, -0.1) is 0 Å². The molecule has 0 radical (unpaired) electrons. The highest BCUT2D eigenvalue weighted by Gasteiger charge is 2.32. The van der Waals surface area contributed by atoms with Gasteiger partial charge in [0.2, 0.25) is 5.91 Å². The van der Waals surface area contributed by atoms with Gasteiger partial charge in [0.25, 0.3) is 0 Å². The van der Waals surface area contributed by atoms with E-state index in [-0.39, 0.29) is 11.9 Å². The molecule has 1 amide bonds. The molecule has 0 aromatic carbocycles. The van der Waals surface area contributed by atoms with Crippen LogP contribution in [0.1, 0.15) is 17.8 Å². The van der Waals surface area contributed by atoms with Crippen LogP contribution in [0.25, 0.3) is 0 Å². The molecule has 2 atom stereocenters. The van der Waals surface area contributed by atoms with Crippen molar-refractivity contribution in [2.24, 2.45) is 14.1 Å². The molecule has 1 aliphatic rings. The number of nitrogens with zero attached hydrogens (tertiary/aromatic N) is 5. The molecule has 3 rings (SSSR count). The number of halogens is 1. The van der Waals surface area contributed by atoms with Gasteiger partial charge in [0.15, 0.2) is 0 Å². The van der Waals surface area contributed by atoms with Gasteiger partial charge in [0, 0.05) is 51.8 Å². The molecule has 3 heterocycles. The Labute approximate surface area is 140 Å². The van der Waals surface area contributed by atoms with Crippen LogP contribution in [0.15, 0.2) is 24.8 Å². The normalized spacial score (nSPS) is 21.3. The third kappa shape index (κ3) is 4.00. The van der Waals surface area contributed by atoms with Gasteiger partial charge in [0.1, 0.15) is 12.0 Å². The highest BCUT2D eigenvalue weighted by Crippen LogP contribution is 2.21. The molecule has 8 heteroatoms. The van der Waals surface area contributed by atoms with E-state index in [1.165, 1.54) is 0 Å². The Morgan fingerprint density at radius 3 is 2.96 bits per heavy atom. The number of hydrogen-bond donors (Lipinski definition) is 1. The Bertz CT molecular complexity index is 696. The number of hydrogen-bond acceptors (Lipinski definition) is 4. The van der Waals surface area contributed by atoms with Crippen molar-refractivity contribution in [1.29, 1.82) is 0 Å². The molecular formula is C16H23FN6O. The number of amides is 1. The van der Waals surface area contributed by atoms with Crippen LogP contribution in [0.5, 0.6) is 0 Å². The number of nitrogens with one attached hydrogen (secondary N) is 1. The van der Waals surface area contributed by atoms with Crippen molar-refractivity contribution in [2.45, 2.75) is 31.6 Å². The van der Waals surface area contributed by atoms with Crippen molar-refractivity contribution < 1.29 is 9.18 Å². The first-order chi connectivity index (χ1) is 11.5. The lowest BCUT2D eigenvalue weighted by Crippen LogP contribution is -2.40. The first-order valence-corrected chi connectivity index (χ1v) is 8.10. The highest BCUT2D eigenvalue weighted by atomic mass is 19.1. The lowest BCUT2D eigenvalue weighted by molar-refractivity contribution is -0.120. The van der Waals surface area contributed by atoms with E-state index < -0.39 is 6.17 Å². The summed E-state index contributed by atoms with van der Waals surface area (Å²) in [6.07, 6.45) is 6.99. The van der Waals surface area contributed by atoms with Gasteiger partial charge in [-0.05, 0) is 12.0 Å². The van der Waals surface area contributed by atoms with Crippen molar-refractivity contribution in [2.75, 3.05) is 13.1 Å². The molecule has 1 fully saturated rings. The van der Waals surface area contributed by atoms with Gasteiger partial charge in [-0.2, -0.15) is 5.10 Å². The van der Waals surface area contributed by atoms with E-state index in [4.69, 9.17) is 0 Å². The number of aromatic nitrogens is 4. The summed E-state index contributed by atoms with van der Waals surface area (Å²) < 4.78 is 17.4. The van der Waals surface area contributed by atoms with Crippen LogP contribution in [-0.2, 0) is 31.9 Å². The number of alkyl halides is 1. The fourth-order valence-electron chi connectivity index (χ4n) is 3.10. The molecule has 0 unspecified atom stereocenters. The van der Waals surface area contributed by atoms with Crippen LogP contribution in [0.3, 0.4) is 0 Å². The van der Waals surface area contributed by atoms with Crippen molar-refractivity contribution in [3.63, 3.8) is 0 Å². The minimum absolute atomic E-state index is 0.00505. The number of carbonyl (C=O) groups excluding carboxylic acids is 1. The number of likely N-dealkylation sites (tertiary alicyclic amines) is 1. The molecule has 130 valence electrons. The predicted octanol–water partition coefficient (Wildman–Crippen LogP) is 0.425. The van der Waals surface area contributed by atoms with Crippen LogP contribution in [0.2, 0.25) is 0 Å². The summed E-state index contributed by atoms with van der Waals surface area (Å²) in [5.74, 6) is 0.832. The maximum atomic E-state index is 13.8. The average Bonchev–Trinajstić information content (AvgIpc) is 3.20. The van der Waals surface area contributed by atoms with Crippen LogP contribution >= 0.6 is 0 Å².